The van der Waals surface area contributed by atoms with Crippen molar-refractivity contribution >= 4 is 17.6 Å². The van der Waals surface area contributed by atoms with Crippen molar-refractivity contribution in [2.75, 3.05) is 25.6 Å². The van der Waals surface area contributed by atoms with Crippen molar-refractivity contribution in [3.63, 3.8) is 0 Å². The van der Waals surface area contributed by atoms with E-state index in [9.17, 15) is 9.59 Å². The van der Waals surface area contributed by atoms with Gasteiger partial charge in [-0.1, -0.05) is 12.1 Å². The number of benzene rings is 2. The molecular formula is C19H19N3O3. The number of carbonyl (C=O) groups excluding carboxylic acids is 2. The topological polar surface area (TPSA) is 82.4 Å². The molecule has 0 saturated carbocycles. The van der Waals surface area contributed by atoms with Gasteiger partial charge in [0.2, 0.25) is 0 Å². The second-order valence-electron chi connectivity index (χ2n) is 5.60. The Morgan fingerprint density at radius 1 is 1.08 bits per heavy atom. The first-order valence-electron chi connectivity index (χ1n) is 7.70. The number of nitriles is 1. The highest BCUT2D eigenvalue weighted by Gasteiger charge is 2.10. The van der Waals surface area contributed by atoms with Crippen LogP contribution < -0.4 is 10.2 Å². The highest BCUT2D eigenvalue weighted by atomic mass is 16.5. The van der Waals surface area contributed by atoms with E-state index in [0.717, 1.165) is 11.3 Å². The van der Waals surface area contributed by atoms with Crippen LogP contribution in [0.2, 0.25) is 0 Å². The summed E-state index contributed by atoms with van der Waals surface area (Å²) in [5.74, 6) is -0.978. The Morgan fingerprint density at radius 2 is 1.72 bits per heavy atom. The van der Waals surface area contributed by atoms with Crippen molar-refractivity contribution in [1.82, 2.24) is 5.32 Å². The van der Waals surface area contributed by atoms with Crippen molar-refractivity contribution in [2.24, 2.45) is 0 Å². The van der Waals surface area contributed by atoms with Crippen LogP contribution in [0.3, 0.4) is 0 Å². The molecule has 128 valence electrons. The molecule has 0 heterocycles. The van der Waals surface area contributed by atoms with Crippen molar-refractivity contribution in [3.8, 4) is 6.07 Å². The number of nitrogens with zero attached hydrogens (tertiary/aromatic N) is 2. The third-order valence-electron chi connectivity index (χ3n) is 3.53. The molecule has 25 heavy (non-hydrogen) atoms. The Kier molecular flexibility index (Phi) is 6.13. The zero-order valence-corrected chi connectivity index (χ0v) is 14.2. The van der Waals surface area contributed by atoms with Gasteiger partial charge in [-0.2, -0.15) is 5.26 Å². The third kappa shape index (κ3) is 5.36. The predicted molar refractivity (Wildman–Crippen MR) is 94.1 cm³/mol. The number of rotatable bonds is 6. The average Bonchev–Trinajstić information content (AvgIpc) is 2.64. The zero-order chi connectivity index (χ0) is 18.2. The minimum atomic E-state index is -0.602. The Bertz CT molecular complexity index is 775. The van der Waals surface area contributed by atoms with Gasteiger partial charge in [-0.25, -0.2) is 4.79 Å². The average molecular weight is 337 g/mol. The second kappa shape index (κ2) is 8.50. The predicted octanol–water partition coefficient (Wildman–Crippen LogP) is 2.10. The lowest BCUT2D eigenvalue weighted by atomic mass is 10.1. The third-order valence-corrected chi connectivity index (χ3v) is 3.53. The highest BCUT2D eigenvalue weighted by molar-refractivity contribution is 5.91. The van der Waals surface area contributed by atoms with E-state index >= 15 is 0 Å². The number of carbonyl (C=O) groups is 2. The molecule has 0 saturated heterocycles. The maximum absolute atomic E-state index is 11.8. The number of ether oxygens (including phenoxy) is 1. The molecule has 2 aromatic carbocycles. The minimum absolute atomic E-state index is 0.297. The fourth-order valence-electron chi connectivity index (χ4n) is 2.06. The van der Waals surface area contributed by atoms with Gasteiger partial charge >= 0.3 is 5.97 Å². The van der Waals surface area contributed by atoms with Crippen LogP contribution in [0.25, 0.3) is 0 Å². The Balaban J connectivity index is 1.78. The highest BCUT2D eigenvalue weighted by Crippen LogP contribution is 2.12. The summed E-state index contributed by atoms with van der Waals surface area (Å²) in [6.45, 7) is 0.00950. The van der Waals surface area contributed by atoms with Gasteiger partial charge in [-0.15, -0.1) is 0 Å². The molecule has 0 aliphatic carbocycles. The standard InChI is InChI=1S/C19H19N3O3/c1-22(2)17-9-5-15(6-10-17)12-21-18(23)13-25-19(24)16-7-3-14(11-20)4-8-16/h3-10H,12-13H2,1-2H3,(H,21,23). The van der Waals surface area contributed by atoms with Gasteiger partial charge in [0.15, 0.2) is 6.61 Å². The van der Waals surface area contributed by atoms with E-state index in [1.165, 1.54) is 24.3 Å². The lowest BCUT2D eigenvalue weighted by Crippen LogP contribution is -2.28. The summed E-state index contributed by atoms with van der Waals surface area (Å²) in [4.78, 5) is 25.6. The van der Waals surface area contributed by atoms with E-state index in [0.29, 0.717) is 17.7 Å². The van der Waals surface area contributed by atoms with E-state index in [1.807, 2.05) is 49.3 Å². The van der Waals surface area contributed by atoms with Crippen LogP contribution in [0.1, 0.15) is 21.5 Å². The molecule has 0 unspecified atom stereocenters. The van der Waals surface area contributed by atoms with Gasteiger partial charge in [-0.3, -0.25) is 4.79 Å². The zero-order valence-electron chi connectivity index (χ0n) is 14.2. The first kappa shape index (κ1) is 18.0. The van der Waals surface area contributed by atoms with Gasteiger partial charge in [0.25, 0.3) is 5.91 Å². The van der Waals surface area contributed by atoms with Gasteiger partial charge in [-0.05, 0) is 42.0 Å². The maximum Gasteiger partial charge on any atom is 0.338 e. The molecule has 0 fully saturated rings. The summed E-state index contributed by atoms with van der Waals surface area (Å²) in [5.41, 5.74) is 2.78. The van der Waals surface area contributed by atoms with Crippen LogP contribution in [0, 0.1) is 11.3 Å². The molecule has 0 spiro atoms. The SMILES string of the molecule is CN(C)c1ccc(CNC(=O)COC(=O)c2ccc(C#N)cc2)cc1. The molecule has 0 bridgehead atoms. The van der Waals surface area contributed by atoms with Crippen molar-refractivity contribution in [2.45, 2.75) is 6.54 Å². The van der Waals surface area contributed by atoms with Crippen LogP contribution in [0.5, 0.6) is 0 Å². The molecule has 6 heteroatoms. The van der Waals surface area contributed by atoms with Crippen molar-refractivity contribution in [3.05, 3.63) is 65.2 Å². The summed E-state index contributed by atoms with van der Waals surface area (Å²) in [6.07, 6.45) is 0. The minimum Gasteiger partial charge on any atom is -0.452 e. The van der Waals surface area contributed by atoms with Gasteiger partial charge < -0.3 is 15.0 Å². The quantitative estimate of drug-likeness (QED) is 0.816. The van der Waals surface area contributed by atoms with E-state index in [1.54, 1.807) is 0 Å². The fourth-order valence-corrected chi connectivity index (χ4v) is 2.06. The van der Waals surface area contributed by atoms with Gasteiger partial charge in [0.05, 0.1) is 17.2 Å². The normalized spacial score (nSPS) is 9.80. The van der Waals surface area contributed by atoms with Gasteiger partial charge in [0.1, 0.15) is 0 Å². The first-order valence-corrected chi connectivity index (χ1v) is 7.70. The summed E-state index contributed by atoms with van der Waals surface area (Å²) in [5, 5.41) is 11.4. The Morgan fingerprint density at radius 3 is 2.28 bits per heavy atom. The van der Waals surface area contributed by atoms with E-state index < -0.39 is 5.97 Å². The van der Waals surface area contributed by atoms with E-state index in [-0.39, 0.29) is 12.5 Å². The molecule has 0 aromatic heterocycles. The van der Waals surface area contributed by atoms with Crippen LogP contribution in [0.15, 0.2) is 48.5 Å². The van der Waals surface area contributed by atoms with Crippen molar-refractivity contribution in [1.29, 1.82) is 5.26 Å². The van der Waals surface area contributed by atoms with Crippen LogP contribution in [0.4, 0.5) is 5.69 Å². The number of anilines is 1. The maximum atomic E-state index is 11.8. The second-order valence-corrected chi connectivity index (χ2v) is 5.60. The molecule has 0 atom stereocenters. The monoisotopic (exact) mass is 337 g/mol. The Hall–Kier alpha value is -3.33. The molecule has 0 radical (unpaired) electrons. The summed E-state index contributed by atoms with van der Waals surface area (Å²) in [6, 6.07) is 15.8. The summed E-state index contributed by atoms with van der Waals surface area (Å²) in [7, 11) is 3.91. The Labute approximate surface area is 146 Å². The van der Waals surface area contributed by atoms with E-state index in [2.05, 4.69) is 5.32 Å². The number of nitrogens with one attached hydrogen (secondary N) is 1. The van der Waals surface area contributed by atoms with E-state index in [4.69, 9.17) is 10.00 Å². The molecule has 1 amide bonds. The molecule has 2 aromatic rings. The summed E-state index contributed by atoms with van der Waals surface area (Å²) < 4.78 is 4.96. The van der Waals surface area contributed by atoms with Crippen LogP contribution in [-0.2, 0) is 16.1 Å². The van der Waals surface area contributed by atoms with Crippen molar-refractivity contribution < 1.29 is 14.3 Å². The fraction of sp³-hybridized carbons (Fsp3) is 0.211. The van der Waals surface area contributed by atoms with Crippen LogP contribution >= 0.6 is 0 Å². The molecule has 2 rings (SSSR count). The van der Waals surface area contributed by atoms with Gasteiger partial charge in [0, 0.05) is 26.3 Å². The largest absolute Gasteiger partial charge is 0.452 e. The number of esters is 1. The lowest BCUT2D eigenvalue weighted by molar-refractivity contribution is -0.124. The molecule has 1 N–H and O–H groups in total. The first-order chi connectivity index (χ1) is 12.0. The lowest BCUT2D eigenvalue weighted by Gasteiger charge is -2.13. The molecule has 0 aliphatic rings. The number of hydrogen-bond acceptors (Lipinski definition) is 5. The number of amides is 1. The molecular weight excluding hydrogens is 318 g/mol. The molecule has 6 nitrogen and oxygen atoms in total. The number of hydrogen-bond donors (Lipinski definition) is 1. The summed E-state index contributed by atoms with van der Waals surface area (Å²) >= 11 is 0. The smallest absolute Gasteiger partial charge is 0.338 e. The molecule has 0 aliphatic heterocycles. The van der Waals surface area contributed by atoms with Crippen LogP contribution in [-0.4, -0.2) is 32.6 Å².